The molecule has 0 aliphatic rings. The van der Waals surface area contributed by atoms with Gasteiger partial charge in [0.05, 0.1) is 12.3 Å². The molecular weight excluding hydrogens is 318 g/mol. The van der Waals surface area contributed by atoms with Crippen molar-refractivity contribution in [3.05, 3.63) is 108 Å². The Hall–Kier alpha value is -2.46. The summed E-state index contributed by atoms with van der Waals surface area (Å²) in [5.41, 5.74) is 9.77. The molecule has 0 saturated carbocycles. The van der Waals surface area contributed by atoms with Crippen LogP contribution in [0.15, 0.2) is 97.1 Å². The van der Waals surface area contributed by atoms with E-state index in [1.54, 1.807) is 0 Å². The first-order valence-corrected chi connectivity index (χ1v) is 8.98. The number of allylic oxidation sites excluding steroid dienone is 3. The first-order chi connectivity index (χ1) is 12.7. The van der Waals surface area contributed by atoms with Gasteiger partial charge in [0.2, 0.25) is 0 Å². The molecular formula is C23H29N3. The van der Waals surface area contributed by atoms with Crippen LogP contribution < -0.4 is 16.4 Å². The van der Waals surface area contributed by atoms with Gasteiger partial charge in [0.15, 0.2) is 0 Å². The smallest absolute Gasteiger partial charge is 0.0854 e. The average Bonchev–Trinajstić information content (AvgIpc) is 2.68. The highest BCUT2D eigenvalue weighted by atomic mass is 15.2. The van der Waals surface area contributed by atoms with Gasteiger partial charge < -0.3 is 5.73 Å². The molecule has 0 heterocycles. The summed E-state index contributed by atoms with van der Waals surface area (Å²) in [7, 11) is 0. The van der Waals surface area contributed by atoms with Gasteiger partial charge in [0.25, 0.3) is 0 Å². The van der Waals surface area contributed by atoms with Gasteiger partial charge in [0.1, 0.15) is 0 Å². The summed E-state index contributed by atoms with van der Waals surface area (Å²) >= 11 is 0. The molecule has 0 fully saturated rings. The molecule has 0 bridgehead atoms. The van der Waals surface area contributed by atoms with Crippen molar-refractivity contribution >= 4 is 0 Å². The second kappa shape index (κ2) is 10.5. The molecule has 3 atom stereocenters. The third-order valence-corrected chi connectivity index (χ3v) is 4.22. The lowest BCUT2D eigenvalue weighted by Gasteiger charge is -2.28. The SMILES string of the molecule is C=C/C=C(\C=C/C)C(C)NC(NC(N)c1ccccc1)c1ccccc1. The molecule has 0 spiro atoms. The Labute approximate surface area is 157 Å². The van der Waals surface area contributed by atoms with E-state index in [-0.39, 0.29) is 18.4 Å². The van der Waals surface area contributed by atoms with Crippen molar-refractivity contribution in [2.45, 2.75) is 32.2 Å². The van der Waals surface area contributed by atoms with Gasteiger partial charge in [-0.1, -0.05) is 91.5 Å². The van der Waals surface area contributed by atoms with Crippen LogP contribution in [0.2, 0.25) is 0 Å². The zero-order chi connectivity index (χ0) is 18.8. The van der Waals surface area contributed by atoms with Crippen LogP contribution in [0.25, 0.3) is 0 Å². The van der Waals surface area contributed by atoms with Crippen molar-refractivity contribution in [3.8, 4) is 0 Å². The molecule has 0 amide bonds. The van der Waals surface area contributed by atoms with Gasteiger partial charge >= 0.3 is 0 Å². The van der Waals surface area contributed by atoms with Crippen molar-refractivity contribution < 1.29 is 0 Å². The minimum absolute atomic E-state index is 0.0834. The second-order valence-electron chi connectivity index (χ2n) is 6.19. The Balaban J connectivity index is 2.21. The molecule has 2 aromatic carbocycles. The predicted octanol–water partition coefficient (Wildman–Crippen LogP) is 4.60. The van der Waals surface area contributed by atoms with Crippen molar-refractivity contribution in [3.63, 3.8) is 0 Å². The van der Waals surface area contributed by atoms with Gasteiger partial charge in [0, 0.05) is 6.04 Å². The number of hydrogen-bond acceptors (Lipinski definition) is 3. The summed E-state index contributed by atoms with van der Waals surface area (Å²) in [6.45, 7) is 7.97. The van der Waals surface area contributed by atoms with Gasteiger partial charge in [-0.2, -0.15) is 0 Å². The highest BCUT2D eigenvalue weighted by Crippen LogP contribution is 2.17. The fraction of sp³-hybridized carbons (Fsp3) is 0.217. The summed E-state index contributed by atoms with van der Waals surface area (Å²) in [6, 6.07) is 20.5. The van der Waals surface area contributed by atoms with E-state index >= 15 is 0 Å². The fourth-order valence-corrected chi connectivity index (χ4v) is 2.84. The monoisotopic (exact) mass is 347 g/mol. The van der Waals surface area contributed by atoms with Crippen molar-refractivity contribution in [2.24, 2.45) is 5.73 Å². The molecule has 136 valence electrons. The van der Waals surface area contributed by atoms with Crippen LogP contribution in [0, 0.1) is 0 Å². The number of rotatable bonds is 9. The van der Waals surface area contributed by atoms with Gasteiger partial charge in [-0.3, -0.25) is 10.6 Å². The lowest BCUT2D eigenvalue weighted by atomic mass is 10.1. The summed E-state index contributed by atoms with van der Waals surface area (Å²) < 4.78 is 0. The zero-order valence-corrected chi connectivity index (χ0v) is 15.6. The molecule has 0 saturated heterocycles. The molecule has 0 aliphatic carbocycles. The molecule has 3 heteroatoms. The highest BCUT2D eigenvalue weighted by Gasteiger charge is 2.18. The van der Waals surface area contributed by atoms with Crippen molar-refractivity contribution in [1.82, 2.24) is 10.6 Å². The van der Waals surface area contributed by atoms with E-state index in [4.69, 9.17) is 5.73 Å². The molecule has 0 radical (unpaired) electrons. The van der Waals surface area contributed by atoms with Crippen LogP contribution in [0.1, 0.15) is 37.3 Å². The summed E-state index contributed by atoms with van der Waals surface area (Å²) in [5.74, 6) is 0. The Morgan fingerprint density at radius 1 is 0.962 bits per heavy atom. The molecule has 3 unspecified atom stereocenters. The normalized spacial score (nSPS) is 15.6. The minimum Gasteiger partial charge on any atom is -0.312 e. The minimum atomic E-state index is -0.269. The fourth-order valence-electron chi connectivity index (χ4n) is 2.84. The Morgan fingerprint density at radius 3 is 2.08 bits per heavy atom. The number of hydrogen-bond donors (Lipinski definition) is 3. The van der Waals surface area contributed by atoms with Crippen LogP contribution in [0.4, 0.5) is 0 Å². The second-order valence-corrected chi connectivity index (χ2v) is 6.19. The Kier molecular flexibility index (Phi) is 8.03. The molecule has 2 rings (SSSR count). The van der Waals surface area contributed by atoms with E-state index in [1.807, 2.05) is 73.7 Å². The molecule has 0 aromatic heterocycles. The third kappa shape index (κ3) is 5.81. The molecule has 0 aliphatic heterocycles. The van der Waals surface area contributed by atoms with E-state index in [2.05, 4.69) is 42.3 Å². The Morgan fingerprint density at radius 2 is 1.54 bits per heavy atom. The van der Waals surface area contributed by atoms with Crippen LogP contribution >= 0.6 is 0 Å². The molecule has 2 aromatic rings. The molecule has 3 nitrogen and oxygen atoms in total. The Bertz CT molecular complexity index is 720. The topological polar surface area (TPSA) is 50.1 Å². The predicted molar refractivity (Wildman–Crippen MR) is 111 cm³/mol. The lowest BCUT2D eigenvalue weighted by molar-refractivity contribution is 0.370. The summed E-state index contributed by atoms with van der Waals surface area (Å²) in [4.78, 5) is 0. The number of nitrogens with two attached hydrogens (primary N) is 1. The van der Waals surface area contributed by atoms with Gasteiger partial charge in [-0.25, -0.2) is 0 Å². The average molecular weight is 348 g/mol. The first kappa shape index (κ1) is 19.9. The van der Waals surface area contributed by atoms with E-state index in [1.165, 1.54) is 5.57 Å². The largest absolute Gasteiger partial charge is 0.312 e. The van der Waals surface area contributed by atoms with E-state index in [9.17, 15) is 0 Å². The quantitative estimate of drug-likeness (QED) is 0.459. The van der Waals surface area contributed by atoms with Crippen LogP contribution in [-0.4, -0.2) is 6.04 Å². The number of nitrogens with one attached hydrogen (secondary N) is 2. The van der Waals surface area contributed by atoms with E-state index in [0.717, 1.165) is 11.1 Å². The summed E-state index contributed by atoms with van der Waals surface area (Å²) in [6.07, 6.45) is 7.62. The van der Waals surface area contributed by atoms with Gasteiger partial charge in [-0.15, -0.1) is 0 Å². The van der Waals surface area contributed by atoms with Crippen LogP contribution in [0.3, 0.4) is 0 Å². The number of benzene rings is 2. The van der Waals surface area contributed by atoms with Gasteiger partial charge in [-0.05, 0) is 30.5 Å². The first-order valence-electron chi connectivity index (χ1n) is 8.98. The maximum atomic E-state index is 6.41. The standard InChI is InChI=1S/C23H29N3/c1-4-12-19(13-5-2)18(3)25-23(21-16-10-7-11-17-21)26-22(24)20-14-8-6-9-15-20/h4-18,22-23,25-26H,1,24H2,2-3H3/b13-5-,19-12+. The molecule has 26 heavy (non-hydrogen) atoms. The summed E-state index contributed by atoms with van der Waals surface area (Å²) in [5, 5.41) is 7.15. The zero-order valence-electron chi connectivity index (χ0n) is 15.6. The van der Waals surface area contributed by atoms with E-state index in [0.29, 0.717) is 0 Å². The van der Waals surface area contributed by atoms with E-state index < -0.39 is 0 Å². The van der Waals surface area contributed by atoms with Crippen LogP contribution in [0.5, 0.6) is 0 Å². The maximum absolute atomic E-state index is 6.41. The molecule has 4 N–H and O–H groups in total. The van der Waals surface area contributed by atoms with Crippen molar-refractivity contribution in [2.75, 3.05) is 0 Å². The van der Waals surface area contributed by atoms with Crippen LogP contribution in [-0.2, 0) is 0 Å². The lowest BCUT2D eigenvalue weighted by Crippen LogP contribution is -2.43. The highest BCUT2D eigenvalue weighted by molar-refractivity contribution is 5.29. The third-order valence-electron chi connectivity index (χ3n) is 4.22. The van der Waals surface area contributed by atoms with Crippen molar-refractivity contribution in [1.29, 1.82) is 0 Å². The maximum Gasteiger partial charge on any atom is 0.0854 e.